The van der Waals surface area contributed by atoms with Crippen LogP contribution < -0.4 is 10.2 Å². The second-order valence-corrected chi connectivity index (χ2v) is 6.64. The van der Waals surface area contributed by atoms with Gasteiger partial charge in [0.1, 0.15) is 0 Å². The van der Waals surface area contributed by atoms with Gasteiger partial charge in [-0.15, -0.1) is 0 Å². The largest absolute Gasteiger partial charge is 0.324 e. The van der Waals surface area contributed by atoms with Gasteiger partial charge in [-0.2, -0.15) is 0 Å². The molecule has 2 aromatic rings. The molecule has 6 heteroatoms. The zero-order valence-corrected chi connectivity index (χ0v) is 14.6. The van der Waals surface area contributed by atoms with Crippen molar-refractivity contribution >= 4 is 46.4 Å². The number of nitrogens with zero attached hydrogens (tertiary/aromatic N) is 1. The minimum atomic E-state index is -0.439. The average molecular weight is 363 g/mol. The topological polar surface area (TPSA) is 49.4 Å². The molecule has 1 unspecified atom stereocenters. The summed E-state index contributed by atoms with van der Waals surface area (Å²) in [4.78, 5) is 26.3. The lowest BCUT2D eigenvalue weighted by Crippen LogP contribution is -2.28. The standard InChI is InChI=1S/C18H16Cl2N2O2/c1-11-6-7-15(14(20)8-11)21-18(24)12-9-17(23)22(10-12)16-5-3-2-4-13(16)19/h2-8,12H,9-10H2,1H3,(H,21,24). The molecular formula is C18H16Cl2N2O2. The second kappa shape index (κ2) is 6.83. The number of carbonyl (C=O) groups is 2. The molecular weight excluding hydrogens is 347 g/mol. The van der Waals surface area contributed by atoms with Gasteiger partial charge in [0.25, 0.3) is 0 Å². The van der Waals surface area contributed by atoms with Crippen molar-refractivity contribution in [1.82, 2.24) is 0 Å². The molecule has 1 aliphatic rings. The predicted octanol–water partition coefficient (Wildman–Crippen LogP) is 4.29. The smallest absolute Gasteiger partial charge is 0.229 e. The lowest BCUT2D eigenvalue weighted by Gasteiger charge is -2.18. The van der Waals surface area contributed by atoms with E-state index in [1.54, 1.807) is 35.2 Å². The molecule has 0 bridgehead atoms. The molecule has 0 spiro atoms. The highest BCUT2D eigenvalue weighted by molar-refractivity contribution is 6.34. The highest BCUT2D eigenvalue weighted by Crippen LogP contribution is 2.32. The van der Waals surface area contributed by atoms with E-state index >= 15 is 0 Å². The molecule has 0 aliphatic carbocycles. The van der Waals surface area contributed by atoms with Gasteiger partial charge in [-0.1, -0.05) is 41.4 Å². The Hall–Kier alpha value is -2.04. The van der Waals surface area contributed by atoms with Gasteiger partial charge in [-0.3, -0.25) is 9.59 Å². The molecule has 1 N–H and O–H groups in total. The van der Waals surface area contributed by atoms with Crippen LogP contribution in [-0.4, -0.2) is 18.4 Å². The molecule has 1 saturated heterocycles. The monoisotopic (exact) mass is 362 g/mol. The van der Waals surface area contributed by atoms with Crippen molar-refractivity contribution in [2.45, 2.75) is 13.3 Å². The van der Waals surface area contributed by atoms with Crippen LogP contribution >= 0.6 is 23.2 Å². The third kappa shape index (κ3) is 3.40. The van der Waals surface area contributed by atoms with Gasteiger partial charge in [-0.25, -0.2) is 0 Å². The Bertz CT molecular complexity index is 807. The van der Waals surface area contributed by atoms with Crippen LogP contribution in [0.1, 0.15) is 12.0 Å². The number of para-hydroxylation sites is 1. The van der Waals surface area contributed by atoms with Gasteiger partial charge in [0, 0.05) is 13.0 Å². The van der Waals surface area contributed by atoms with Gasteiger partial charge in [0.15, 0.2) is 0 Å². The molecule has 1 atom stereocenters. The Labute approximate surface area is 150 Å². The number of hydrogen-bond donors (Lipinski definition) is 1. The molecule has 2 aromatic carbocycles. The van der Waals surface area contributed by atoms with E-state index in [9.17, 15) is 9.59 Å². The van der Waals surface area contributed by atoms with Crippen LogP contribution in [0.15, 0.2) is 42.5 Å². The SMILES string of the molecule is Cc1ccc(NC(=O)C2CC(=O)N(c3ccccc3Cl)C2)c(Cl)c1. The summed E-state index contributed by atoms with van der Waals surface area (Å²) >= 11 is 12.3. The number of aryl methyl sites for hydroxylation is 1. The fourth-order valence-electron chi connectivity index (χ4n) is 2.74. The summed E-state index contributed by atoms with van der Waals surface area (Å²) in [6.45, 7) is 2.23. The maximum Gasteiger partial charge on any atom is 0.229 e. The third-order valence-electron chi connectivity index (χ3n) is 4.02. The van der Waals surface area contributed by atoms with Crippen molar-refractivity contribution < 1.29 is 9.59 Å². The van der Waals surface area contributed by atoms with Gasteiger partial charge in [0.05, 0.1) is 27.3 Å². The Morgan fingerprint density at radius 1 is 1.17 bits per heavy atom. The first-order valence-corrected chi connectivity index (χ1v) is 8.33. The number of anilines is 2. The number of nitrogens with one attached hydrogen (secondary N) is 1. The summed E-state index contributed by atoms with van der Waals surface area (Å²) in [6.07, 6.45) is 0.153. The van der Waals surface area contributed by atoms with E-state index in [1.807, 2.05) is 19.1 Å². The number of benzene rings is 2. The molecule has 1 fully saturated rings. The quantitative estimate of drug-likeness (QED) is 0.884. The van der Waals surface area contributed by atoms with Crippen molar-refractivity contribution in [3.05, 3.63) is 58.1 Å². The minimum Gasteiger partial charge on any atom is -0.324 e. The number of halogens is 2. The van der Waals surface area contributed by atoms with Crippen molar-refractivity contribution in [2.75, 3.05) is 16.8 Å². The van der Waals surface area contributed by atoms with Crippen LogP contribution in [0.3, 0.4) is 0 Å². The summed E-state index contributed by atoms with van der Waals surface area (Å²) < 4.78 is 0. The van der Waals surface area contributed by atoms with Crippen molar-refractivity contribution in [3.8, 4) is 0 Å². The van der Waals surface area contributed by atoms with Gasteiger partial charge >= 0.3 is 0 Å². The fraction of sp³-hybridized carbons (Fsp3) is 0.222. The van der Waals surface area contributed by atoms with E-state index in [0.29, 0.717) is 28.0 Å². The van der Waals surface area contributed by atoms with Gasteiger partial charge in [0.2, 0.25) is 11.8 Å². The summed E-state index contributed by atoms with van der Waals surface area (Å²) in [7, 11) is 0. The Morgan fingerprint density at radius 3 is 2.62 bits per heavy atom. The molecule has 3 rings (SSSR count). The van der Waals surface area contributed by atoms with Crippen LogP contribution in [0.4, 0.5) is 11.4 Å². The Kier molecular flexibility index (Phi) is 4.78. The fourth-order valence-corrected chi connectivity index (χ4v) is 3.26. The van der Waals surface area contributed by atoms with Crippen LogP contribution in [-0.2, 0) is 9.59 Å². The lowest BCUT2D eigenvalue weighted by atomic mass is 10.1. The normalized spacial score (nSPS) is 17.2. The molecule has 0 saturated carbocycles. The van der Waals surface area contributed by atoms with Crippen LogP contribution in [0, 0.1) is 12.8 Å². The Balaban J connectivity index is 1.73. The second-order valence-electron chi connectivity index (χ2n) is 5.83. The lowest BCUT2D eigenvalue weighted by molar-refractivity contribution is -0.122. The molecule has 0 radical (unpaired) electrons. The summed E-state index contributed by atoms with van der Waals surface area (Å²) in [5.41, 5.74) is 2.20. The van der Waals surface area contributed by atoms with Gasteiger partial charge < -0.3 is 10.2 Å². The highest BCUT2D eigenvalue weighted by Gasteiger charge is 2.36. The number of carbonyl (C=O) groups excluding carboxylic acids is 2. The zero-order valence-electron chi connectivity index (χ0n) is 13.1. The van der Waals surface area contributed by atoms with Crippen molar-refractivity contribution in [3.63, 3.8) is 0 Å². The number of hydrogen-bond acceptors (Lipinski definition) is 2. The summed E-state index contributed by atoms with van der Waals surface area (Å²) in [5, 5.41) is 3.78. The van der Waals surface area contributed by atoms with Crippen molar-refractivity contribution in [1.29, 1.82) is 0 Å². The van der Waals surface area contributed by atoms with Crippen molar-refractivity contribution in [2.24, 2.45) is 5.92 Å². The third-order valence-corrected chi connectivity index (χ3v) is 4.65. The van der Waals surface area contributed by atoms with E-state index in [-0.39, 0.29) is 18.2 Å². The van der Waals surface area contributed by atoms with E-state index in [1.165, 1.54) is 0 Å². The minimum absolute atomic E-state index is 0.113. The maximum absolute atomic E-state index is 12.5. The van der Waals surface area contributed by atoms with Crippen LogP contribution in [0.2, 0.25) is 10.0 Å². The molecule has 4 nitrogen and oxygen atoms in total. The van der Waals surface area contributed by atoms with E-state index in [0.717, 1.165) is 5.56 Å². The summed E-state index contributed by atoms with van der Waals surface area (Å²) in [5.74, 6) is -0.770. The van der Waals surface area contributed by atoms with Crippen LogP contribution in [0.5, 0.6) is 0 Å². The number of amides is 2. The molecule has 1 aliphatic heterocycles. The first-order valence-electron chi connectivity index (χ1n) is 7.57. The Morgan fingerprint density at radius 2 is 1.92 bits per heavy atom. The van der Waals surface area contributed by atoms with E-state index in [4.69, 9.17) is 23.2 Å². The highest BCUT2D eigenvalue weighted by atomic mass is 35.5. The molecule has 24 heavy (non-hydrogen) atoms. The summed E-state index contributed by atoms with van der Waals surface area (Å²) in [6, 6.07) is 12.5. The first-order chi connectivity index (χ1) is 11.5. The maximum atomic E-state index is 12.5. The zero-order chi connectivity index (χ0) is 17.3. The predicted molar refractivity (Wildman–Crippen MR) is 96.7 cm³/mol. The van der Waals surface area contributed by atoms with Crippen LogP contribution in [0.25, 0.3) is 0 Å². The first kappa shape index (κ1) is 16.8. The molecule has 124 valence electrons. The average Bonchev–Trinajstić information content (AvgIpc) is 2.92. The van der Waals surface area contributed by atoms with Gasteiger partial charge in [-0.05, 0) is 36.8 Å². The molecule has 0 aromatic heterocycles. The molecule has 1 heterocycles. The van der Waals surface area contributed by atoms with E-state index < -0.39 is 5.92 Å². The number of rotatable bonds is 3. The molecule has 2 amide bonds. The van der Waals surface area contributed by atoms with E-state index in [2.05, 4.69) is 5.32 Å².